The van der Waals surface area contributed by atoms with E-state index in [1.54, 1.807) is 6.07 Å². The molecule has 1 saturated heterocycles. The van der Waals surface area contributed by atoms with Gasteiger partial charge in [-0.25, -0.2) is 0 Å². The third-order valence-corrected chi connectivity index (χ3v) is 7.83. The van der Waals surface area contributed by atoms with E-state index in [0.717, 1.165) is 31.4 Å². The second-order valence-corrected chi connectivity index (χ2v) is 9.47. The molecule has 1 aromatic carbocycles. The van der Waals surface area contributed by atoms with Gasteiger partial charge in [-0.3, -0.25) is 0 Å². The van der Waals surface area contributed by atoms with E-state index in [2.05, 4.69) is 5.32 Å². The van der Waals surface area contributed by atoms with Crippen LogP contribution in [0.2, 0.25) is 0 Å². The lowest BCUT2D eigenvalue weighted by Crippen LogP contribution is -2.74. The fourth-order valence-corrected chi connectivity index (χ4v) is 7.41. The van der Waals surface area contributed by atoms with Crippen molar-refractivity contribution in [3.8, 4) is 11.5 Å². The summed E-state index contributed by atoms with van der Waals surface area (Å²) in [5.41, 5.74) is 3.43. The maximum Gasteiger partial charge on any atom is 0.165 e. The normalized spacial score (nSPS) is 41.5. The summed E-state index contributed by atoms with van der Waals surface area (Å²) in [6, 6.07) is 4.02. The molecule has 138 valence electrons. The van der Waals surface area contributed by atoms with Crippen molar-refractivity contribution in [1.29, 1.82) is 0 Å². The maximum atomic E-state index is 11.0. The molecule has 5 atom stereocenters. The minimum atomic E-state index is -0.917. The second-order valence-electron chi connectivity index (χ2n) is 9.47. The monoisotopic (exact) mass is 355 g/mol. The molecular weight excluding hydrogens is 330 g/mol. The van der Waals surface area contributed by atoms with Crippen LogP contribution in [0.4, 0.5) is 0 Å². The number of phenols is 1. The summed E-state index contributed by atoms with van der Waals surface area (Å²) in [5.74, 6) is 0.702. The summed E-state index contributed by atoms with van der Waals surface area (Å²) in [7, 11) is 0. The minimum Gasteiger partial charge on any atom is -0.504 e. The second kappa shape index (κ2) is 4.29. The van der Waals surface area contributed by atoms with E-state index in [1.807, 2.05) is 19.9 Å². The van der Waals surface area contributed by atoms with Crippen LogP contribution >= 0.6 is 0 Å². The van der Waals surface area contributed by atoms with Crippen LogP contribution in [-0.2, 0) is 11.8 Å². The lowest BCUT2D eigenvalue weighted by molar-refractivity contribution is -0.168. The van der Waals surface area contributed by atoms with Crippen molar-refractivity contribution in [3.63, 3.8) is 0 Å². The first kappa shape index (κ1) is 15.5. The molecule has 0 amide bonds. The molecule has 1 saturated carbocycles. The molecule has 5 nitrogen and oxygen atoms in total. The molecule has 3 unspecified atom stereocenters. The highest BCUT2D eigenvalue weighted by Gasteiger charge is 2.75. The Balaban J connectivity index is 1.71. The molecule has 4 aliphatic carbocycles. The van der Waals surface area contributed by atoms with Gasteiger partial charge in [-0.15, -0.1) is 0 Å². The first-order chi connectivity index (χ1) is 12.3. The topological polar surface area (TPSA) is 82.0 Å². The Bertz CT molecular complexity index is 885. The molecular formula is C21H25NO4. The van der Waals surface area contributed by atoms with Crippen molar-refractivity contribution in [2.75, 3.05) is 13.2 Å². The standard InChI is InChI=1S/C21H25NO4/c1-19(2,25)17-11-8-20(17,9-23)18-21-5-6-22-12(15(11)21)7-10-3-4-13(24)16(26-18)14(10)21/h3-4,12,17-18,22-25H,5-9H2,1-2H3/t12?,17-,18?,20-,21?/m1/s1. The van der Waals surface area contributed by atoms with Gasteiger partial charge in [0.25, 0.3) is 0 Å². The number of piperidine rings is 1. The Morgan fingerprint density at radius 3 is 2.88 bits per heavy atom. The van der Waals surface area contributed by atoms with Crippen molar-refractivity contribution in [3.05, 3.63) is 34.4 Å². The average molecular weight is 355 g/mol. The third kappa shape index (κ3) is 1.38. The van der Waals surface area contributed by atoms with Crippen LogP contribution in [0.1, 0.15) is 37.8 Å². The zero-order valence-electron chi connectivity index (χ0n) is 15.2. The number of hydrogen-bond acceptors (Lipinski definition) is 5. The van der Waals surface area contributed by atoms with Crippen molar-refractivity contribution in [2.45, 2.75) is 56.3 Å². The van der Waals surface area contributed by atoms with Gasteiger partial charge in [0.2, 0.25) is 0 Å². The summed E-state index contributed by atoms with van der Waals surface area (Å²) in [6.07, 6.45) is 2.36. The van der Waals surface area contributed by atoms with E-state index in [-0.39, 0.29) is 35.8 Å². The largest absolute Gasteiger partial charge is 0.504 e. The summed E-state index contributed by atoms with van der Waals surface area (Å²) >= 11 is 0. The Kier molecular flexibility index (Phi) is 2.56. The van der Waals surface area contributed by atoms with Crippen LogP contribution in [0.25, 0.3) is 0 Å². The molecule has 5 heteroatoms. The maximum absolute atomic E-state index is 11.0. The molecule has 4 N–H and O–H groups in total. The Hall–Kier alpha value is -1.56. The first-order valence-electron chi connectivity index (χ1n) is 9.66. The molecule has 2 heterocycles. The van der Waals surface area contributed by atoms with Gasteiger partial charge in [-0.05, 0) is 56.9 Å². The van der Waals surface area contributed by atoms with E-state index in [4.69, 9.17) is 4.74 Å². The van der Waals surface area contributed by atoms with Crippen LogP contribution < -0.4 is 10.1 Å². The van der Waals surface area contributed by atoms with Crippen molar-refractivity contribution < 1.29 is 20.1 Å². The summed E-state index contributed by atoms with van der Waals surface area (Å²) < 4.78 is 6.50. The fraction of sp³-hybridized carbons (Fsp3) is 0.619. The predicted octanol–water partition coefficient (Wildman–Crippen LogP) is 1.39. The van der Waals surface area contributed by atoms with Crippen molar-refractivity contribution in [2.24, 2.45) is 11.3 Å². The minimum absolute atomic E-state index is 0.00691. The van der Waals surface area contributed by atoms with Crippen molar-refractivity contribution >= 4 is 0 Å². The molecule has 2 fully saturated rings. The molecule has 26 heavy (non-hydrogen) atoms. The Morgan fingerprint density at radius 1 is 1.35 bits per heavy atom. The number of benzene rings is 1. The Labute approximate surface area is 152 Å². The van der Waals surface area contributed by atoms with E-state index < -0.39 is 11.0 Å². The van der Waals surface area contributed by atoms with Crippen LogP contribution in [0.3, 0.4) is 0 Å². The number of nitrogens with one attached hydrogen (secondary N) is 1. The van der Waals surface area contributed by atoms with E-state index in [9.17, 15) is 15.3 Å². The quantitative estimate of drug-likeness (QED) is 0.603. The fourth-order valence-electron chi connectivity index (χ4n) is 7.41. The highest BCUT2D eigenvalue weighted by molar-refractivity contribution is 5.69. The van der Waals surface area contributed by atoms with E-state index >= 15 is 0 Å². The van der Waals surface area contributed by atoms with Crippen LogP contribution in [0.5, 0.6) is 11.5 Å². The number of phenolic OH excluding ortho intramolecular Hbond substituents is 1. The van der Waals surface area contributed by atoms with Gasteiger partial charge in [0.05, 0.1) is 17.6 Å². The zero-order valence-corrected chi connectivity index (χ0v) is 15.2. The first-order valence-corrected chi connectivity index (χ1v) is 9.66. The van der Waals surface area contributed by atoms with E-state index in [0.29, 0.717) is 5.75 Å². The summed E-state index contributed by atoms with van der Waals surface area (Å²) in [4.78, 5) is 0. The van der Waals surface area contributed by atoms with Gasteiger partial charge in [0.15, 0.2) is 11.5 Å². The number of aromatic hydroxyl groups is 1. The molecule has 2 aliphatic heterocycles. The van der Waals surface area contributed by atoms with Gasteiger partial charge in [-0.1, -0.05) is 11.6 Å². The van der Waals surface area contributed by atoms with Crippen LogP contribution in [-0.4, -0.2) is 46.2 Å². The highest BCUT2D eigenvalue weighted by atomic mass is 16.5. The van der Waals surface area contributed by atoms with E-state index in [1.165, 1.54) is 16.7 Å². The predicted molar refractivity (Wildman–Crippen MR) is 95.3 cm³/mol. The average Bonchev–Trinajstić information content (AvgIpc) is 2.89. The summed E-state index contributed by atoms with van der Waals surface area (Å²) in [6.45, 7) is 4.59. The number of rotatable bonds is 2. The number of aliphatic hydroxyl groups excluding tert-OH is 1. The van der Waals surface area contributed by atoms with Gasteiger partial charge < -0.3 is 25.4 Å². The molecule has 7 rings (SSSR count). The molecule has 6 aliphatic rings. The molecule has 0 radical (unpaired) electrons. The summed E-state index contributed by atoms with van der Waals surface area (Å²) in [5, 5.41) is 35.6. The third-order valence-electron chi connectivity index (χ3n) is 7.83. The smallest absolute Gasteiger partial charge is 0.165 e. The number of hydrogen-bond donors (Lipinski definition) is 4. The molecule has 1 aromatic rings. The molecule has 1 spiro atoms. The van der Waals surface area contributed by atoms with Crippen LogP contribution in [0.15, 0.2) is 23.3 Å². The lowest BCUT2D eigenvalue weighted by Gasteiger charge is -2.68. The van der Waals surface area contributed by atoms with Gasteiger partial charge in [-0.2, -0.15) is 0 Å². The molecule has 0 aromatic heterocycles. The highest BCUT2D eigenvalue weighted by Crippen LogP contribution is 2.74. The van der Waals surface area contributed by atoms with Crippen LogP contribution in [0, 0.1) is 11.3 Å². The van der Waals surface area contributed by atoms with Gasteiger partial charge in [0.1, 0.15) is 6.10 Å². The van der Waals surface area contributed by atoms with Crippen molar-refractivity contribution in [1.82, 2.24) is 5.32 Å². The number of aliphatic hydroxyl groups is 2. The molecule has 4 bridgehead atoms. The zero-order chi connectivity index (χ0) is 18.1. The number of ether oxygens (including phenoxy) is 1. The Morgan fingerprint density at radius 2 is 2.15 bits per heavy atom. The SMILES string of the molecule is CC(C)(O)[C@H]1C2=C3C4Cc5ccc(O)c6c5C3(CCN4)C(O6)[C@@]1(CO)C2. The lowest BCUT2D eigenvalue weighted by atomic mass is 9.37. The van der Waals surface area contributed by atoms with Gasteiger partial charge >= 0.3 is 0 Å². The van der Waals surface area contributed by atoms with Gasteiger partial charge in [0, 0.05) is 22.9 Å².